The number of rotatable bonds is 14. The van der Waals surface area contributed by atoms with Crippen LogP contribution in [0.1, 0.15) is 31.4 Å². The van der Waals surface area contributed by atoms with Gasteiger partial charge in [0.05, 0.1) is 19.3 Å². The van der Waals surface area contributed by atoms with Gasteiger partial charge in [-0.2, -0.15) is 0 Å². The molecule has 1 fully saturated rings. The van der Waals surface area contributed by atoms with Crippen LogP contribution in [0.2, 0.25) is 0 Å². The summed E-state index contributed by atoms with van der Waals surface area (Å²) in [6.45, 7) is 0.853. The van der Waals surface area contributed by atoms with Crippen molar-refractivity contribution >= 4 is 17.9 Å². The fourth-order valence-electron chi connectivity index (χ4n) is 3.65. The topological polar surface area (TPSA) is 256 Å². The molecular formula is C22H37N5O11. The highest BCUT2D eigenvalue weighted by Crippen LogP contribution is 2.24. The van der Waals surface area contributed by atoms with E-state index in [1.807, 2.05) is 0 Å². The number of aromatic nitrogens is 2. The maximum absolute atomic E-state index is 12.2. The molecule has 16 nitrogen and oxygen atoms in total. The molecule has 7 unspecified atom stereocenters. The number of unbranched alkanes of at least 4 members (excludes halogenated alkanes) is 1. The number of carbonyl (C=O) groups excluding carboxylic acids is 2. The highest BCUT2D eigenvalue weighted by atomic mass is 16.7. The van der Waals surface area contributed by atoms with Crippen LogP contribution in [-0.2, 0) is 14.3 Å². The molecule has 0 aliphatic carbocycles. The van der Waals surface area contributed by atoms with Gasteiger partial charge in [-0.1, -0.05) is 0 Å². The third-order valence-electron chi connectivity index (χ3n) is 5.74. The molecular weight excluding hydrogens is 510 g/mol. The molecule has 216 valence electrons. The van der Waals surface area contributed by atoms with E-state index in [-0.39, 0.29) is 30.3 Å². The molecule has 0 saturated carbocycles. The second-order valence-corrected chi connectivity index (χ2v) is 8.83. The molecule has 2 rings (SSSR count). The lowest BCUT2D eigenvalue weighted by Crippen LogP contribution is -2.60. The van der Waals surface area contributed by atoms with E-state index in [9.17, 15) is 45.0 Å². The average molecular weight is 548 g/mol. The molecule has 2 heterocycles. The minimum absolute atomic E-state index is 0.0277. The number of amides is 3. The lowest BCUT2D eigenvalue weighted by molar-refractivity contribution is -0.318. The van der Waals surface area contributed by atoms with Gasteiger partial charge in [0, 0.05) is 31.3 Å². The van der Waals surface area contributed by atoms with Crippen LogP contribution in [0.5, 0.6) is 0 Å². The Morgan fingerprint density at radius 3 is 2.45 bits per heavy atom. The second-order valence-electron chi connectivity index (χ2n) is 8.83. The van der Waals surface area contributed by atoms with E-state index in [1.54, 1.807) is 6.92 Å². The normalized spacial score (nSPS) is 24.9. The Hall–Kier alpha value is -2.70. The lowest BCUT2D eigenvalue weighted by Gasteiger charge is -2.41. The van der Waals surface area contributed by atoms with Gasteiger partial charge in [-0.25, -0.2) is 9.78 Å². The summed E-state index contributed by atoms with van der Waals surface area (Å²) in [7, 11) is 0. The molecule has 7 atom stereocenters. The van der Waals surface area contributed by atoms with Crippen molar-refractivity contribution in [2.45, 2.75) is 75.5 Å². The smallest absolute Gasteiger partial charge is 0.321 e. The number of hydrogen-bond donors (Lipinski definition) is 10. The number of aliphatic hydroxyl groups is 6. The van der Waals surface area contributed by atoms with E-state index in [0.717, 1.165) is 0 Å². The number of aryl methyl sites for hydroxylation is 1. The number of ether oxygens (including phenoxy) is 2. The Morgan fingerprint density at radius 1 is 1.13 bits per heavy atom. The monoisotopic (exact) mass is 547 g/mol. The van der Waals surface area contributed by atoms with Gasteiger partial charge in [-0.15, -0.1) is 0 Å². The van der Waals surface area contributed by atoms with E-state index in [0.29, 0.717) is 31.6 Å². The minimum Gasteiger partial charge on any atom is -0.394 e. The predicted octanol–water partition coefficient (Wildman–Crippen LogP) is -3.59. The first kappa shape index (κ1) is 31.5. The summed E-state index contributed by atoms with van der Waals surface area (Å²) in [5.74, 6) is -0.349. The summed E-state index contributed by atoms with van der Waals surface area (Å²) < 4.78 is 10.7. The molecule has 0 aromatic carbocycles. The zero-order valence-electron chi connectivity index (χ0n) is 20.9. The number of hydrogen-bond acceptors (Lipinski definition) is 12. The zero-order valence-corrected chi connectivity index (χ0v) is 20.9. The van der Waals surface area contributed by atoms with Gasteiger partial charge in [0.25, 0.3) is 5.56 Å². The molecule has 1 aliphatic rings. The molecule has 0 spiro atoms. The SMILES string of the molecule is Cc1cc(=O)[nH]c(NC(=O)NCCCCNC(=O)CCC(OC2OC(CO)C(O)C(O)C2O)C(O)CO)n1. The molecule has 1 aromatic rings. The van der Waals surface area contributed by atoms with Gasteiger partial charge in [-0.3, -0.25) is 19.9 Å². The first-order chi connectivity index (χ1) is 18.0. The van der Waals surface area contributed by atoms with Gasteiger partial charge in [0.2, 0.25) is 11.9 Å². The molecule has 16 heteroatoms. The van der Waals surface area contributed by atoms with E-state index in [2.05, 4.69) is 25.9 Å². The van der Waals surface area contributed by atoms with E-state index in [4.69, 9.17) is 9.47 Å². The van der Waals surface area contributed by atoms with Crippen LogP contribution < -0.4 is 21.5 Å². The Morgan fingerprint density at radius 2 is 1.82 bits per heavy atom. The molecule has 3 amide bonds. The maximum Gasteiger partial charge on any atom is 0.321 e. The van der Waals surface area contributed by atoms with Crippen LogP contribution in [0.25, 0.3) is 0 Å². The average Bonchev–Trinajstić information content (AvgIpc) is 2.87. The van der Waals surface area contributed by atoms with Gasteiger partial charge in [-0.05, 0) is 26.2 Å². The van der Waals surface area contributed by atoms with Crippen molar-refractivity contribution in [1.29, 1.82) is 0 Å². The minimum atomic E-state index is -1.69. The Labute approximate surface area is 218 Å². The molecule has 0 radical (unpaired) electrons. The van der Waals surface area contributed by atoms with Crippen molar-refractivity contribution < 1.29 is 49.7 Å². The standard InChI is InChI=1S/C22H37N5O11/c1-11-8-16(32)26-21(25-11)27-22(36)24-7-3-2-6-23-15(31)5-4-13(12(30)9-28)37-20-19(35)18(34)17(33)14(10-29)38-20/h8,12-14,17-20,28-30,33-35H,2-7,9-10H2,1H3,(H,23,31)(H3,24,25,26,27,32,36). The number of aromatic amines is 1. The fraction of sp³-hybridized carbons (Fsp3) is 0.727. The largest absolute Gasteiger partial charge is 0.394 e. The molecule has 0 bridgehead atoms. The summed E-state index contributed by atoms with van der Waals surface area (Å²) in [5, 5.41) is 66.2. The quantitative estimate of drug-likeness (QED) is 0.101. The number of anilines is 1. The second kappa shape index (κ2) is 15.6. The lowest BCUT2D eigenvalue weighted by atomic mass is 9.99. The number of urea groups is 1. The van der Waals surface area contributed by atoms with Gasteiger partial charge < -0.3 is 50.7 Å². The Bertz CT molecular complexity index is 947. The van der Waals surface area contributed by atoms with Gasteiger partial charge in [0.1, 0.15) is 30.5 Å². The maximum atomic E-state index is 12.2. The van der Waals surface area contributed by atoms with Crippen molar-refractivity contribution in [2.24, 2.45) is 0 Å². The van der Waals surface area contributed by atoms with Gasteiger partial charge in [0.15, 0.2) is 6.29 Å². The third kappa shape index (κ3) is 9.88. The molecule has 1 aliphatic heterocycles. The van der Waals surface area contributed by atoms with Crippen molar-refractivity contribution in [3.8, 4) is 0 Å². The molecule has 1 saturated heterocycles. The summed E-state index contributed by atoms with van der Waals surface area (Å²) >= 11 is 0. The van der Waals surface area contributed by atoms with Crippen LogP contribution in [0.3, 0.4) is 0 Å². The van der Waals surface area contributed by atoms with Crippen LogP contribution in [0.4, 0.5) is 10.7 Å². The summed E-state index contributed by atoms with van der Waals surface area (Å²) in [6, 6.07) is 0.745. The first-order valence-electron chi connectivity index (χ1n) is 12.2. The van der Waals surface area contributed by atoms with E-state index >= 15 is 0 Å². The third-order valence-corrected chi connectivity index (χ3v) is 5.74. The number of aliphatic hydroxyl groups excluding tert-OH is 6. The first-order valence-corrected chi connectivity index (χ1v) is 12.2. The van der Waals surface area contributed by atoms with Crippen molar-refractivity contribution in [2.75, 3.05) is 31.6 Å². The van der Waals surface area contributed by atoms with Crippen LogP contribution >= 0.6 is 0 Å². The van der Waals surface area contributed by atoms with Gasteiger partial charge >= 0.3 is 6.03 Å². The highest BCUT2D eigenvalue weighted by Gasteiger charge is 2.45. The number of nitrogens with one attached hydrogen (secondary N) is 4. The number of nitrogens with zero attached hydrogens (tertiary/aromatic N) is 1. The van der Waals surface area contributed by atoms with Crippen LogP contribution in [0, 0.1) is 6.92 Å². The summed E-state index contributed by atoms with van der Waals surface area (Å²) in [5.41, 5.74) is 0.0682. The molecule has 1 aromatic heterocycles. The molecule has 10 N–H and O–H groups in total. The number of H-pyrrole nitrogens is 1. The molecule has 38 heavy (non-hydrogen) atoms. The van der Waals surface area contributed by atoms with Crippen molar-refractivity contribution in [1.82, 2.24) is 20.6 Å². The summed E-state index contributed by atoms with van der Waals surface area (Å²) in [4.78, 5) is 41.8. The fourth-order valence-corrected chi connectivity index (χ4v) is 3.65. The van der Waals surface area contributed by atoms with E-state index in [1.165, 1.54) is 6.07 Å². The Balaban J connectivity index is 1.68. The van der Waals surface area contributed by atoms with Crippen LogP contribution in [-0.4, -0.2) is 122 Å². The van der Waals surface area contributed by atoms with E-state index < -0.39 is 62.2 Å². The van der Waals surface area contributed by atoms with Crippen LogP contribution in [0.15, 0.2) is 10.9 Å². The van der Waals surface area contributed by atoms with Crippen molar-refractivity contribution in [3.63, 3.8) is 0 Å². The summed E-state index contributed by atoms with van der Waals surface area (Å²) in [6.07, 6.45) is -9.38. The van der Waals surface area contributed by atoms with Crippen molar-refractivity contribution in [3.05, 3.63) is 22.1 Å². The Kier molecular flexibility index (Phi) is 13.0. The number of carbonyl (C=O) groups is 2. The predicted molar refractivity (Wildman–Crippen MR) is 130 cm³/mol. The zero-order chi connectivity index (χ0) is 28.2. The highest BCUT2D eigenvalue weighted by molar-refractivity contribution is 5.87.